The average Bonchev–Trinajstić information content (AvgIpc) is 2.86. The van der Waals surface area contributed by atoms with E-state index in [0.717, 1.165) is 12.1 Å². The molecule has 2 aromatic rings. The SMILES string of the molecule is CC(NC(=O)Nc1cnn(C)c1)C(O)c1ccc(F)c(F)c1. The van der Waals surface area contributed by atoms with Gasteiger partial charge in [-0.1, -0.05) is 6.07 Å². The van der Waals surface area contributed by atoms with E-state index in [1.165, 1.54) is 16.9 Å². The van der Waals surface area contributed by atoms with Crippen molar-refractivity contribution in [2.45, 2.75) is 19.1 Å². The zero-order valence-electron chi connectivity index (χ0n) is 12.0. The number of halogens is 2. The molecule has 2 unspecified atom stereocenters. The second kappa shape index (κ2) is 6.52. The van der Waals surface area contributed by atoms with Crippen LogP contribution in [0.5, 0.6) is 0 Å². The van der Waals surface area contributed by atoms with E-state index in [9.17, 15) is 18.7 Å². The van der Waals surface area contributed by atoms with Gasteiger partial charge in [0.1, 0.15) is 0 Å². The normalized spacial score (nSPS) is 13.5. The van der Waals surface area contributed by atoms with Gasteiger partial charge in [-0.05, 0) is 24.6 Å². The minimum Gasteiger partial charge on any atom is -0.386 e. The van der Waals surface area contributed by atoms with Crippen molar-refractivity contribution in [2.24, 2.45) is 7.05 Å². The Balaban J connectivity index is 1.96. The van der Waals surface area contributed by atoms with Gasteiger partial charge in [-0.25, -0.2) is 13.6 Å². The number of aliphatic hydroxyl groups excluding tert-OH is 1. The van der Waals surface area contributed by atoms with E-state index in [-0.39, 0.29) is 5.56 Å². The van der Waals surface area contributed by atoms with Crippen molar-refractivity contribution in [3.63, 3.8) is 0 Å². The number of nitrogens with one attached hydrogen (secondary N) is 2. The highest BCUT2D eigenvalue weighted by Gasteiger charge is 2.20. The summed E-state index contributed by atoms with van der Waals surface area (Å²) in [6.07, 6.45) is 1.90. The third-order valence-corrected chi connectivity index (χ3v) is 3.08. The molecule has 0 fully saturated rings. The monoisotopic (exact) mass is 310 g/mol. The summed E-state index contributed by atoms with van der Waals surface area (Å²) >= 11 is 0. The lowest BCUT2D eigenvalue weighted by molar-refractivity contribution is 0.138. The number of aromatic nitrogens is 2. The van der Waals surface area contributed by atoms with Gasteiger partial charge in [0.05, 0.1) is 24.0 Å². The van der Waals surface area contributed by atoms with Crippen molar-refractivity contribution < 1.29 is 18.7 Å². The number of hydrogen-bond acceptors (Lipinski definition) is 3. The summed E-state index contributed by atoms with van der Waals surface area (Å²) in [5.41, 5.74) is 0.669. The first-order valence-electron chi connectivity index (χ1n) is 6.56. The molecule has 6 nitrogen and oxygen atoms in total. The molecule has 0 bridgehead atoms. The Morgan fingerprint density at radius 3 is 2.68 bits per heavy atom. The summed E-state index contributed by atoms with van der Waals surface area (Å²) in [4.78, 5) is 11.8. The standard InChI is InChI=1S/C14H16F2N4O2/c1-8(13(21)9-3-4-11(15)12(16)5-9)18-14(22)19-10-6-17-20(2)7-10/h3-8,13,21H,1-2H3,(H2,18,19,22). The number of carbonyl (C=O) groups is 1. The van der Waals surface area contributed by atoms with Crippen LogP contribution >= 0.6 is 0 Å². The Kier molecular flexibility index (Phi) is 4.71. The van der Waals surface area contributed by atoms with Gasteiger partial charge in [0.15, 0.2) is 11.6 Å². The van der Waals surface area contributed by atoms with Gasteiger partial charge in [-0.3, -0.25) is 4.68 Å². The Hall–Kier alpha value is -2.48. The van der Waals surface area contributed by atoms with Gasteiger partial charge in [-0.15, -0.1) is 0 Å². The van der Waals surface area contributed by atoms with Gasteiger partial charge in [0, 0.05) is 13.2 Å². The Bertz CT molecular complexity index is 675. The lowest BCUT2D eigenvalue weighted by Crippen LogP contribution is -2.39. The van der Waals surface area contributed by atoms with Crippen LogP contribution in [0.15, 0.2) is 30.6 Å². The van der Waals surface area contributed by atoms with Crippen LogP contribution in [0.1, 0.15) is 18.6 Å². The number of carbonyl (C=O) groups excluding carboxylic acids is 1. The molecule has 0 aliphatic rings. The molecule has 3 N–H and O–H groups in total. The number of rotatable bonds is 4. The highest BCUT2D eigenvalue weighted by molar-refractivity contribution is 5.89. The highest BCUT2D eigenvalue weighted by atomic mass is 19.2. The van der Waals surface area contributed by atoms with Crippen LogP contribution < -0.4 is 10.6 Å². The minimum absolute atomic E-state index is 0.174. The molecule has 0 aliphatic heterocycles. The molecule has 0 saturated heterocycles. The van der Waals surface area contributed by atoms with E-state index >= 15 is 0 Å². The molecule has 0 saturated carbocycles. The Morgan fingerprint density at radius 2 is 2.09 bits per heavy atom. The van der Waals surface area contributed by atoms with Gasteiger partial charge in [0.25, 0.3) is 0 Å². The number of aliphatic hydroxyl groups is 1. The summed E-state index contributed by atoms with van der Waals surface area (Å²) in [6, 6.07) is 1.84. The van der Waals surface area contributed by atoms with Crippen LogP contribution in [-0.2, 0) is 7.05 Å². The van der Waals surface area contributed by atoms with E-state index < -0.39 is 29.8 Å². The fraction of sp³-hybridized carbons (Fsp3) is 0.286. The van der Waals surface area contributed by atoms with E-state index in [2.05, 4.69) is 15.7 Å². The van der Waals surface area contributed by atoms with Crippen molar-refractivity contribution in [1.82, 2.24) is 15.1 Å². The lowest BCUT2D eigenvalue weighted by Gasteiger charge is -2.20. The van der Waals surface area contributed by atoms with E-state index in [4.69, 9.17) is 0 Å². The molecule has 118 valence electrons. The molecule has 22 heavy (non-hydrogen) atoms. The molecule has 8 heteroatoms. The van der Waals surface area contributed by atoms with E-state index in [1.54, 1.807) is 20.2 Å². The van der Waals surface area contributed by atoms with E-state index in [1.807, 2.05) is 0 Å². The zero-order chi connectivity index (χ0) is 16.3. The van der Waals surface area contributed by atoms with Crippen molar-refractivity contribution in [1.29, 1.82) is 0 Å². The first-order valence-corrected chi connectivity index (χ1v) is 6.56. The molecule has 2 rings (SSSR count). The quantitative estimate of drug-likeness (QED) is 0.807. The topological polar surface area (TPSA) is 79.2 Å². The molecule has 0 spiro atoms. The number of aryl methyl sites for hydroxylation is 1. The smallest absolute Gasteiger partial charge is 0.319 e. The van der Waals surface area contributed by atoms with Crippen LogP contribution in [-0.4, -0.2) is 27.0 Å². The summed E-state index contributed by atoms with van der Waals surface area (Å²) in [6.45, 7) is 1.55. The maximum Gasteiger partial charge on any atom is 0.319 e. The molecule has 1 heterocycles. The molecule has 0 radical (unpaired) electrons. The first kappa shape index (κ1) is 15.9. The Morgan fingerprint density at radius 1 is 1.36 bits per heavy atom. The van der Waals surface area contributed by atoms with Crippen molar-refractivity contribution >= 4 is 11.7 Å². The second-order valence-corrected chi connectivity index (χ2v) is 4.91. The van der Waals surface area contributed by atoms with Crippen molar-refractivity contribution in [3.8, 4) is 0 Å². The number of amides is 2. The maximum atomic E-state index is 13.2. The van der Waals surface area contributed by atoms with Crippen molar-refractivity contribution in [3.05, 3.63) is 47.8 Å². The predicted molar refractivity (Wildman–Crippen MR) is 76.1 cm³/mol. The fourth-order valence-corrected chi connectivity index (χ4v) is 1.92. The largest absolute Gasteiger partial charge is 0.386 e. The third-order valence-electron chi connectivity index (χ3n) is 3.08. The summed E-state index contributed by atoms with van der Waals surface area (Å²) in [7, 11) is 1.71. The molecular formula is C14H16F2N4O2. The van der Waals surface area contributed by atoms with Crippen LogP contribution in [0.4, 0.5) is 19.3 Å². The van der Waals surface area contributed by atoms with Gasteiger partial charge >= 0.3 is 6.03 Å². The van der Waals surface area contributed by atoms with Crippen LogP contribution in [0.3, 0.4) is 0 Å². The number of nitrogens with zero attached hydrogens (tertiary/aromatic N) is 2. The van der Waals surface area contributed by atoms with Gasteiger partial charge in [-0.2, -0.15) is 5.10 Å². The number of anilines is 1. The zero-order valence-corrected chi connectivity index (χ0v) is 12.0. The summed E-state index contributed by atoms with van der Waals surface area (Å²) in [5.74, 6) is -2.05. The molecular weight excluding hydrogens is 294 g/mol. The summed E-state index contributed by atoms with van der Waals surface area (Å²) in [5, 5.41) is 19.0. The average molecular weight is 310 g/mol. The minimum atomic E-state index is -1.17. The maximum absolute atomic E-state index is 13.2. The lowest BCUT2D eigenvalue weighted by atomic mass is 10.0. The molecule has 2 amide bonds. The van der Waals surface area contributed by atoms with Crippen LogP contribution in [0.25, 0.3) is 0 Å². The van der Waals surface area contributed by atoms with Gasteiger partial charge < -0.3 is 15.7 Å². The molecule has 1 aromatic carbocycles. The fourth-order valence-electron chi connectivity index (χ4n) is 1.92. The van der Waals surface area contributed by atoms with Gasteiger partial charge in [0.2, 0.25) is 0 Å². The number of benzene rings is 1. The third kappa shape index (κ3) is 3.79. The number of hydrogen-bond donors (Lipinski definition) is 3. The van der Waals surface area contributed by atoms with Crippen molar-refractivity contribution in [2.75, 3.05) is 5.32 Å². The second-order valence-electron chi connectivity index (χ2n) is 4.91. The van der Waals surface area contributed by atoms with Crippen LogP contribution in [0, 0.1) is 11.6 Å². The van der Waals surface area contributed by atoms with E-state index in [0.29, 0.717) is 5.69 Å². The molecule has 1 aromatic heterocycles. The predicted octanol–water partition coefficient (Wildman–Crippen LogP) is 1.94. The Labute approximate surface area is 125 Å². The first-order chi connectivity index (χ1) is 10.4. The number of urea groups is 1. The van der Waals surface area contributed by atoms with Crippen LogP contribution in [0.2, 0.25) is 0 Å². The molecule has 0 aliphatic carbocycles. The highest BCUT2D eigenvalue weighted by Crippen LogP contribution is 2.19. The molecule has 2 atom stereocenters. The summed E-state index contributed by atoms with van der Waals surface area (Å²) < 4.78 is 27.6.